The van der Waals surface area contributed by atoms with Crippen LogP contribution in [-0.4, -0.2) is 6.66 Å². The van der Waals surface area contributed by atoms with E-state index in [4.69, 9.17) is 16.3 Å². The van der Waals surface area contributed by atoms with Gasteiger partial charge in [0.05, 0.1) is 0 Å². The summed E-state index contributed by atoms with van der Waals surface area (Å²) in [6, 6.07) is 18.2. The maximum absolute atomic E-state index is 5.92. The number of hydrogen-bond acceptors (Lipinski definition) is 3. The Morgan fingerprint density at radius 3 is 2.22 bits per heavy atom. The summed E-state index contributed by atoms with van der Waals surface area (Å²) in [6.07, 6.45) is 0. The molecule has 2 aromatic carbocycles. The Hall–Kier alpha value is -0.760. The van der Waals surface area contributed by atoms with Crippen molar-refractivity contribution in [2.45, 2.75) is 11.8 Å². The van der Waals surface area contributed by atoms with E-state index in [9.17, 15) is 0 Å². The molecule has 0 fully saturated rings. The van der Waals surface area contributed by atoms with Gasteiger partial charge >= 0.3 is 0 Å². The zero-order chi connectivity index (χ0) is 13.0. The second kappa shape index (κ2) is 5.92. The van der Waals surface area contributed by atoms with Crippen LogP contribution in [0.4, 0.5) is 0 Å². The van der Waals surface area contributed by atoms with E-state index in [0.29, 0.717) is 0 Å². The lowest BCUT2D eigenvalue weighted by molar-refractivity contribution is 0.630. The highest BCUT2D eigenvalue weighted by Gasteiger charge is 2.14. The molecule has 2 aromatic rings. The Balaban J connectivity index is 2.08. The van der Waals surface area contributed by atoms with Crippen LogP contribution in [0.3, 0.4) is 0 Å². The molecule has 0 amide bonds. The van der Waals surface area contributed by atoms with Crippen LogP contribution in [0.1, 0.15) is 5.56 Å². The average molecular weight is 294 g/mol. The van der Waals surface area contributed by atoms with Gasteiger partial charge in [-0.2, -0.15) is 0 Å². The Morgan fingerprint density at radius 2 is 1.61 bits per heavy atom. The quantitative estimate of drug-likeness (QED) is 0.726. The maximum atomic E-state index is 5.92. The van der Waals surface area contributed by atoms with E-state index in [1.807, 2.05) is 37.0 Å². The van der Waals surface area contributed by atoms with Crippen LogP contribution in [0, 0.1) is 6.92 Å². The smallest absolute Gasteiger partial charge is 0.169 e. The van der Waals surface area contributed by atoms with Crippen LogP contribution in [0.15, 0.2) is 59.5 Å². The summed E-state index contributed by atoms with van der Waals surface area (Å²) in [5, 5.41) is 0. The summed E-state index contributed by atoms with van der Waals surface area (Å²) in [4.78, 5) is 1.17. The molecule has 0 bridgehead atoms. The van der Waals surface area contributed by atoms with Gasteiger partial charge in [-0.1, -0.05) is 47.3 Å². The molecular formula is C14H15OPS2. The lowest BCUT2D eigenvalue weighted by Gasteiger charge is -2.18. The first-order valence-electron chi connectivity index (χ1n) is 5.64. The van der Waals surface area contributed by atoms with Gasteiger partial charge in [-0.15, -0.1) is 0 Å². The minimum absolute atomic E-state index is 0.850. The lowest BCUT2D eigenvalue weighted by Crippen LogP contribution is -1.87. The minimum Gasteiger partial charge on any atom is -0.457 e. The molecule has 0 aliphatic carbocycles. The average Bonchev–Trinajstić information content (AvgIpc) is 2.32. The zero-order valence-corrected chi connectivity index (χ0v) is 12.9. The van der Waals surface area contributed by atoms with Gasteiger partial charge in [0.15, 0.2) is 5.47 Å². The number of hydrogen-bond donors (Lipinski definition) is 0. The SMILES string of the molecule is Cc1ccc(SP(C)(=S)Oc2ccccc2)cc1. The largest absolute Gasteiger partial charge is 0.457 e. The maximum Gasteiger partial charge on any atom is 0.169 e. The van der Waals surface area contributed by atoms with Crippen LogP contribution < -0.4 is 4.52 Å². The van der Waals surface area contributed by atoms with E-state index in [2.05, 4.69) is 31.2 Å². The van der Waals surface area contributed by atoms with Crippen molar-refractivity contribution < 1.29 is 4.52 Å². The molecule has 0 aromatic heterocycles. The van der Waals surface area contributed by atoms with E-state index in [1.54, 1.807) is 11.4 Å². The molecule has 94 valence electrons. The number of rotatable bonds is 4. The third-order valence-corrected chi connectivity index (χ3v) is 6.41. The Morgan fingerprint density at radius 1 is 1.00 bits per heavy atom. The van der Waals surface area contributed by atoms with Gasteiger partial charge in [0, 0.05) is 11.6 Å². The standard InChI is InChI=1S/C14H15OPS2/c1-12-8-10-14(11-9-12)18-16(2,17)15-13-6-4-3-5-7-13/h3-11H,1-2H3. The van der Waals surface area contributed by atoms with Gasteiger partial charge in [0.1, 0.15) is 5.75 Å². The molecule has 1 unspecified atom stereocenters. The summed E-state index contributed by atoms with van der Waals surface area (Å²) in [5.74, 6) is 0.850. The van der Waals surface area contributed by atoms with Crippen molar-refractivity contribution in [3.8, 4) is 5.75 Å². The van der Waals surface area contributed by atoms with E-state index < -0.39 is 5.47 Å². The monoisotopic (exact) mass is 294 g/mol. The van der Waals surface area contributed by atoms with Gasteiger partial charge in [0.25, 0.3) is 0 Å². The van der Waals surface area contributed by atoms with Crippen LogP contribution in [0.25, 0.3) is 0 Å². The molecule has 0 saturated carbocycles. The van der Waals surface area contributed by atoms with E-state index in [0.717, 1.165) is 5.75 Å². The predicted molar refractivity (Wildman–Crippen MR) is 84.3 cm³/mol. The van der Waals surface area contributed by atoms with Crippen molar-refractivity contribution in [1.29, 1.82) is 0 Å². The molecule has 0 aliphatic heterocycles. The van der Waals surface area contributed by atoms with Crippen molar-refractivity contribution in [3.05, 3.63) is 60.2 Å². The third kappa shape index (κ3) is 4.16. The second-order valence-electron chi connectivity index (χ2n) is 4.08. The Kier molecular flexibility index (Phi) is 4.50. The van der Waals surface area contributed by atoms with Crippen molar-refractivity contribution in [3.63, 3.8) is 0 Å². The summed E-state index contributed by atoms with van der Waals surface area (Å²) < 4.78 is 5.92. The molecule has 1 nitrogen and oxygen atoms in total. The number of para-hydroxylation sites is 1. The van der Waals surface area contributed by atoms with Crippen molar-refractivity contribution in [2.24, 2.45) is 0 Å². The van der Waals surface area contributed by atoms with E-state index in [-0.39, 0.29) is 0 Å². The van der Waals surface area contributed by atoms with Gasteiger partial charge in [-0.25, -0.2) is 0 Å². The van der Waals surface area contributed by atoms with Gasteiger partial charge < -0.3 is 4.52 Å². The first-order chi connectivity index (χ1) is 8.55. The number of aryl methyl sites for hydroxylation is 1. The highest BCUT2D eigenvalue weighted by atomic mass is 32.9. The topological polar surface area (TPSA) is 9.23 Å². The van der Waals surface area contributed by atoms with E-state index in [1.165, 1.54) is 10.5 Å². The Bertz CT molecular complexity index is 552. The number of benzene rings is 2. The fourth-order valence-corrected chi connectivity index (χ4v) is 5.58. The zero-order valence-electron chi connectivity index (χ0n) is 10.4. The van der Waals surface area contributed by atoms with Crippen LogP contribution in [0.2, 0.25) is 0 Å². The fraction of sp³-hybridized carbons (Fsp3) is 0.143. The predicted octanol–water partition coefficient (Wildman–Crippen LogP) is 5.11. The molecule has 1 atom stereocenters. The normalized spacial score (nSPS) is 13.9. The van der Waals surface area contributed by atoms with Gasteiger partial charge in [-0.05, 0) is 43.0 Å². The molecule has 0 heterocycles. The first kappa shape index (κ1) is 13.7. The molecule has 0 radical (unpaired) electrons. The Labute approximate surface area is 117 Å². The molecule has 18 heavy (non-hydrogen) atoms. The van der Waals surface area contributed by atoms with Crippen LogP contribution in [-0.2, 0) is 11.8 Å². The first-order valence-corrected chi connectivity index (χ1v) is 10.2. The molecule has 2 rings (SSSR count). The summed E-state index contributed by atoms with van der Waals surface area (Å²) in [5.41, 5.74) is -0.644. The summed E-state index contributed by atoms with van der Waals surface area (Å²) in [6.45, 7) is 4.09. The van der Waals surface area contributed by atoms with Crippen LogP contribution in [0.5, 0.6) is 5.75 Å². The molecule has 0 N–H and O–H groups in total. The van der Waals surface area contributed by atoms with Crippen LogP contribution >= 0.6 is 16.8 Å². The molecule has 4 heteroatoms. The summed E-state index contributed by atoms with van der Waals surface area (Å²) in [7, 11) is 0. The highest BCUT2D eigenvalue weighted by Crippen LogP contribution is 2.59. The minimum atomic E-state index is -1.90. The molecular weight excluding hydrogens is 279 g/mol. The fourth-order valence-electron chi connectivity index (χ4n) is 1.48. The van der Waals surface area contributed by atoms with Gasteiger partial charge in [-0.3, -0.25) is 0 Å². The molecule has 0 spiro atoms. The summed E-state index contributed by atoms with van der Waals surface area (Å²) >= 11 is 7.25. The third-order valence-electron chi connectivity index (χ3n) is 2.31. The molecule has 0 aliphatic rings. The van der Waals surface area contributed by atoms with Crippen molar-refractivity contribution >= 4 is 28.7 Å². The second-order valence-corrected chi connectivity index (χ2v) is 11.9. The van der Waals surface area contributed by atoms with Crippen molar-refractivity contribution in [1.82, 2.24) is 0 Å². The highest BCUT2D eigenvalue weighted by molar-refractivity contribution is 8.69. The van der Waals surface area contributed by atoms with Gasteiger partial charge in [0.2, 0.25) is 0 Å². The lowest BCUT2D eigenvalue weighted by atomic mass is 10.2. The van der Waals surface area contributed by atoms with Crippen molar-refractivity contribution in [2.75, 3.05) is 6.66 Å². The van der Waals surface area contributed by atoms with E-state index >= 15 is 0 Å². The molecule has 0 saturated heterocycles.